The molecule has 0 aromatic carbocycles. The van der Waals surface area contributed by atoms with E-state index in [0.29, 0.717) is 6.42 Å². The molecule has 4 N–H and O–H groups in total. The molecule has 23 heavy (non-hydrogen) atoms. The maximum Gasteiger partial charge on any atom is 0.251 e. The molecule has 0 aliphatic heterocycles. The first kappa shape index (κ1) is 18.6. The smallest absolute Gasteiger partial charge is 0.251 e. The third kappa shape index (κ3) is 4.03. The predicted molar refractivity (Wildman–Crippen MR) is 100.0 cm³/mol. The van der Waals surface area contributed by atoms with E-state index in [-0.39, 0.29) is 0 Å². The highest BCUT2D eigenvalue weighted by Crippen LogP contribution is 2.38. The summed E-state index contributed by atoms with van der Waals surface area (Å²) in [5.41, 5.74) is 6.36. The molecule has 0 bridgehead atoms. The fraction of sp³-hybridized carbons (Fsp3) is 0.438. The van der Waals surface area contributed by atoms with E-state index >= 15 is 0 Å². The number of hydrogen-bond donors (Lipinski definition) is 3. The number of rotatable bonds is 6. The number of carbonyl (C=O) groups is 1. The van der Waals surface area contributed by atoms with E-state index in [2.05, 4.69) is 34.1 Å². The maximum absolute atomic E-state index is 12.1. The second-order valence-electron chi connectivity index (χ2n) is 6.36. The third-order valence-electron chi connectivity index (χ3n) is 4.37. The Morgan fingerprint density at radius 3 is 2.35 bits per heavy atom. The van der Waals surface area contributed by atoms with Crippen molar-refractivity contribution in [2.75, 3.05) is 0 Å². The van der Waals surface area contributed by atoms with Gasteiger partial charge >= 0.3 is 0 Å². The molecule has 1 atom stereocenters. The molecular weight excluding hydrogens is 396 g/mol. The minimum atomic E-state index is -0.849. The van der Waals surface area contributed by atoms with Gasteiger partial charge < -0.3 is 5.73 Å². The van der Waals surface area contributed by atoms with Gasteiger partial charge in [-0.25, -0.2) is 5.48 Å². The number of hydroxylamine groups is 1. The average Bonchev–Trinajstić information content (AvgIpc) is 3.11. The predicted octanol–water partition coefficient (Wildman–Crippen LogP) is 4.42. The van der Waals surface area contributed by atoms with Gasteiger partial charge in [-0.3, -0.25) is 10.0 Å². The summed E-state index contributed by atoms with van der Waals surface area (Å²) in [6, 6.07) is 8.33. The molecular formula is C16H21BrN2O2S2. The molecule has 0 saturated carbocycles. The summed E-state index contributed by atoms with van der Waals surface area (Å²) in [5.74, 6) is -0.441. The Morgan fingerprint density at radius 1 is 1.22 bits per heavy atom. The van der Waals surface area contributed by atoms with Crippen molar-refractivity contribution in [3.05, 3.63) is 32.9 Å². The van der Waals surface area contributed by atoms with Crippen LogP contribution in [0.1, 0.15) is 32.1 Å². The fourth-order valence-electron chi connectivity index (χ4n) is 2.32. The normalized spacial score (nSPS) is 14.5. The SMILES string of the molecule is CC(C)(N)C(C)(CCc1ccc(-c2ccc(Br)s2)s1)C(=O)NO. The zero-order valence-corrected chi connectivity index (χ0v) is 16.6. The molecule has 0 saturated heterocycles. The zero-order chi connectivity index (χ0) is 17.3. The number of thiophene rings is 2. The summed E-state index contributed by atoms with van der Waals surface area (Å²) in [6.45, 7) is 5.42. The number of amides is 1. The number of nitrogens with two attached hydrogens (primary N) is 1. The molecule has 0 spiro atoms. The Bertz CT molecular complexity index is 690. The Balaban J connectivity index is 2.13. The lowest BCUT2D eigenvalue weighted by Gasteiger charge is -2.39. The molecule has 0 aliphatic carbocycles. The Kier molecular flexibility index (Phi) is 5.68. The van der Waals surface area contributed by atoms with Crippen molar-refractivity contribution in [1.82, 2.24) is 5.48 Å². The lowest BCUT2D eigenvalue weighted by atomic mass is 9.70. The molecule has 0 radical (unpaired) electrons. The molecule has 2 rings (SSSR count). The summed E-state index contributed by atoms with van der Waals surface area (Å²) in [7, 11) is 0. The van der Waals surface area contributed by atoms with Crippen LogP contribution in [0.15, 0.2) is 28.1 Å². The lowest BCUT2D eigenvalue weighted by Crippen LogP contribution is -2.57. The summed E-state index contributed by atoms with van der Waals surface area (Å²) in [4.78, 5) is 15.7. The van der Waals surface area contributed by atoms with Crippen molar-refractivity contribution in [2.24, 2.45) is 11.1 Å². The quantitative estimate of drug-likeness (QED) is 0.481. The summed E-state index contributed by atoms with van der Waals surface area (Å²) in [5, 5.41) is 9.03. The van der Waals surface area contributed by atoms with Gasteiger partial charge in [0.1, 0.15) is 0 Å². The van der Waals surface area contributed by atoms with Gasteiger partial charge in [0, 0.05) is 20.2 Å². The first-order valence-corrected chi connectivity index (χ1v) is 9.68. The minimum Gasteiger partial charge on any atom is -0.325 e. The van der Waals surface area contributed by atoms with E-state index in [1.807, 2.05) is 19.9 Å². The number of nitrogens with one attached hydrogen (secondary N) is 1. The van der Waals surface area contributed by atoms with Crippen LogP contribution in [0.2, 0.25) is 0 Å². The molecule has 0 aliphatic rings. The summed E-state index contributed by atoms with van der Waals surface area (Å²) < 4.78 is 1.11. The first-order chi connectivity index (χ1) is 10.7. The van der Waals surface area contributed by atoms with Gasteiger partial charge in [0.2, 0.25) is 0 Å². The average molecular weight is 417 g/mol. The van der Waals surface area contributed by atoms with Crippen molar-refractivity contribution in [3.63, 3.8) is 0 Å². The monoisotopic (exact) mass is 416 g/mol. The number of carbonyl (C=O) groups excluding carboxylic acids is 1. The second kappa shape index (κ2) is 7.03. The Hall–Kier alpha value is -0.730. The minimum absolute atomic E-state index is 0.441. The molecule has 4 nitrogen and oxygen atoms in total. The van der Waals surface area contributed by atoms with Crippen molar-refractivity contribution < 1.29 is 10.0 Å². The molecule has 1 amide bonds. The van der Waals surface area contributed by atoms with Gasteiger partial charge in [0.15, 0.2) is 0 Å². The van der Waals surface area contributed by atoms with Gasteiger partial charge in [0.25, 0.3) is 5.91 Å². The summed E-state index contributed by atoms with van der Waals surface area (Å²) >= 11 is 6.90. The molecule has 2 aromatic heterocycles. The van der Waals surface area contributed by atoms with E-state index in [0.717, 1.165) is 10.2 Å². The van der Waals surface area contributed by atoms with E-state index in [4.69, 9.17) is 10.9 Å². The summed E-state index contributed by atoms with van der Waals surface area (Å²) in [6.07, 6.45) is 1.30. The topological polar surface area (TPSA) is 75.4 Å². The number of hydrogen-bond acceptors (Lipinski definition) is 5. The van der Waals surface area contributed by atoms with E-state index in [1.54, 1.807) is 35.1 Å². The van der Waals surface area contributed by atoms with Crippen LogP contribution in [-0.2, 0) is 11.2 Å². The van der Waals surface area contributed by atoms with E-state index < -0.39 is 16.9 Å². The molecule has 2 aromatic rings. The molecule has 1 unspecified atom stereocenters. The van der Waals surface area contributed by atoms with E-state index in [9.17, 15) is 4.79 Å². The highest BCUT2D eigenvalue weighted by atomic mass is 79.9. The van der Waals surface area contributed by atoms with Gasteiger partial charge in [-0.1, -0.05) is 0 Å². The molecule has 126 valence electrons. The highest BCUT2D eigenvalue weighted by molar-refractivity contribution is 9.11. The fourth-order valence-corrected chi connectivity index (χ4v) is 4.80. The molecule has 0 fully saturated rings. The van der Waals surface area contributed by atoms with Crippen LogP contribution in [0.5, 0.6) is 0 Å². The van der Waals surface area contributed by atoms with Gasteiger partial charge in [-0.2, -0.15) is 0 Å². The van der Waals surface area contributed by atoms with Crippen molar-refractivity contribution >= 4 is 44.5 Å². The van der Waals surface area contributed by atoms with Gasteiger partial charge in [-0.05, 0) is 73.8 Å². The van der Waals surface area contributed by atoms with Crippen LogP contribution in [0.25, 0.3) is 9.75 Å². The molecule has 2 heterocycles. The van der Waals surface area contributed by atoms with Crippen LogP contribution < -0.4 is 11.2 Å². The largest absolute Gasteiger partial charge is 0.325 e. The van der Waals surface area contributed by atoms with Gasteiger partial charge in [-0.15, -0.1) is 22.7 Å². The Morgan fingerprint density at radius 2 is 1.83 bits per heavy atom. The van der Waals surface area contributed by atoms with Crippen LogP contribution in [0, 0.1) is 5.41 Å². The third-order valence-corrected chi connectivity index (χ3v) is 7.34. The standard InChI is InChI=1S/C16H21BrN2O2S2/c1-15(2,18)16(3,14(20)19-21)9-8-10-4-5-11(22-10)12-6-7-13(17)23-12/h4-7,21H,8-9,18H2,1-3H3,(H,19,20). The van der Waals surface area contributed by atoms with Crippen LogP contribution >= 0.6 is 38.6 Å². The van der Waals surface area contributed by atoms with Crippen molar-refractivity contribution in [1.29, 1.82) is 0 Å². The lowest BCUT2D eigenvalue weighted by molar-refractivity contribution is -0.142. The maximum atomic E-state index is 12.1. The van der Waals surface area contributed by atoms with Crippen LogP contribution in [0.4, 0.5) is 0 Å². The van der Waals surface area contributed by atoms with Gasteiger partial charge in [0.05, 0.1) is 9.20 Å². The first-order valence-electron chi connectivity index (χ1n) is 7.25. The van der Waals surface area contributed by atoms with Crippen LogP contribution in [-0.4, -0.2) is 16.7 Å². The number of aryl methyl sites for hydroxylation is 1. The van der Waals surface area contributed by atoms with Crippen molar-refractivity contribution in [3.8, 4) is 9.75 Å². The Labute approximate surface area is 152 Å². The number of halogens is 1. The zero-order valence-electron chi connectivity index (χ0n) is 13.4. The van der Waals surface area contributed by atoms with Crippen LogP contribution in [0.3, 0.4) is 0 Å². The second-order valence-corrected chi connectivity index (χ2v) is 10.00. The highest BCUT2D eigenvalue weighted by Gasteiger charge is 2.44. The molecule has 7 heteroatoms. The van der Waals surface area contributed by atoms with Crippen molar-refractivity contribution in [2.45, 2.75) is 39.2 Å². The van der Waals surface area contributed by atoms with E-state index in [1.165, 1.54) is 14.6 Å².